The van der Waals surface area contributed by atoms with Gasteiger partial charge in [-0.15, -0.1) is 0 Å². The summed E-state index contributed by atoms with van der Waals surface area (Å²) >= 11 is 2.48. The van der Waals surface area contributed by atoms with Gasteiger partial charge in [-0.05, 0) is 63.5 Å². The Morgan fingerprint density at radius 3 is 2.95 bits per heavy atom. The topological polar surface area (TPSA) is 0 Å². The van der Waals surface area contributed by atoms with Gasteiger partial charge in [0, 0.05) is 5.92 Å². The van der Waals surface area contributed by atoms with E-state index in [2.05, 4.69) is 71.7 Å². The second kappa shape index (κ2) is 8.25. The fraction of sp³-hybridized carbons (Fsp3) is 0.263. The molecule has 0 fully saturated rings. The first kappa shape index (κ1) is 15.3. The SMILES string of the molecule is C=C/C=C\C=C/CC1=CC(C2=CC=CCC2)CC(I)=C1. The summed E-state index contributed by atoms with van der Waals surface area (Å²) in [5.74, 6) is 0.601. The van der Waals surface area contributed by atoms with E-state index in [1.165, 1.54) is 28.4 Å². The lowest BCUT2D eigenvalue weighted by Crippen LogP contribution is -2.07. The Kier molecular flexibility index (Phi) is 6.31. The molecule has 0 spiro atoms. The number of hydrogen-bond acceptors (Lipinski definition) is 0. The molecule has 2 aliphatic carbocycles. The third-order valence-electron chi connectivity index (χ3n) is 3.54. The normalized spacial score (nSPS) is 22.9. The fourth-order valence-electron chi connectivity index (χ4n) is 2.56. The van der Waals surface area contributed by atoms with E-state index in [9.17, 15) is 0 Å². The minimum atomic E-state index is 0.601. The highest BCUT2D eigenvalue weighted by Crippen LogP contribution is 2.35. The molecule has 0 saturated carbocycles. The van der Waals surface area contributed by atoms with Crippen LogP contribution in [0.1, 0.15) is 25.7 Å². The monoisotopic (exact) mass is 376 g/mol. The molecule has 0 N–H and O–H groups in total. The van der Waals surface area contributed by atoms with Crippen molar-refractivity contribution in [1.82, 2.24) is 0 Å². The van der Waals surface area contributed by atoms with Gasteiger partial charge in [-0.3, -0.25) is 0 Å². The van der Waals surface area contributed by atoms with Crippen molar-refractivity contribution in [2.45, 2.75) is 25.7 Å². The highest BCUT2D eigenvalue weighted by Gasteiger charge is 2.17. The number of rotatable bonds is 5. The van der Waals surface area contributed by atoms with Crippen LogP contribution in [0.4, 0.5) is 0 Å². The lowest BCUT2D eigenvalue weighted by Gasteiger charge is -2.23. The van der Waals surface area contributed by atoms with Crippen molar-refractivity contribution in [3.8, 4) is 0 Å². The van der Waals surface area contributed by atoms with Crippen LogP contribution in [0.25, 0.3) is 0 Å². The molecular weight excluding hydrogens is 355 g/mol. The van der Waals surface area contributed by atoms with Crippen molar-refractivity contribution in [2.24, 2.45) is 5.92 Å². The van der Waals surface area contributed by atoms with E-state index in [0.717, 1.165) is 6.42 Å². The summed E-state index contributed by atoms with van der Waals surface area (Å²) in [4.78, 5) is 0. The maximum absolute atomic E-state index is 3.67. The third-order valence-corrected chi connectivity index (χ3v) is 4.29. The van der Waals surface area contributed by atoms with Crippen LogP contribution < -0.4 is 0 Å². The molecule has 0 aromatic carbocycles. The fourth-order valence-corrected chi connectivity index (χ4v) is 3.43. The maximum Gasteiger partial charge on any atom is 0.00308 e. The minimum absolute atomic E-state index is 0.601. The van der Waals surface area contributed by atoms with Crippen LogP contribution in [-0.2, 0) is 0 Å². The van der Waals surface area contributed by atoms with Crippen molar-refractivity contribution in [1.29, 1.82) is 0 Å². The average molecular weight is 376 g/mol. The summed E-state index contributed by atoms with van der Waals surface area (Å²) in [7, 11) is 0. The van der Waals surface area contributed by atoms with Gasteiger partial charge in [0.05, 0.1) is 0 Å². The first-order chi connectivity index (χ1) is 9.79. The third kappa shape index (κ3) is 4.78. The highest BCUT2D eigenvalue weighted by atomic mass is 127. The first-order valence-corrected chi connectivity index (χ1v) is 8.24. The van der Waals surface area contributed by atoms with Crippen LogP contribution in [0.5, 0.6) is 0 Å². The summed E-state index contributed by atoms with van der Waals surface area (Å²) in [6.07, 6.45) is 26.2. The molecule has 20 heavy (non-hydrogen) atoms. The molecule has 0 aliphatic heterocycles. The molecule has 1 unspecified atom stereocenters. The van der Waals surface area contributed by atoms with Gasteiger partial charge in [0.1, 0.15) is 0 Å². The van der Waals surface area contributed by atoms with Gasteiger partial charge >= 0.3 is 0 Å². The van der Waals surface area contributed by atoms with Gasteiger partial charge in [-0.25, -0.2) is 0 Å². The molecule has 0 aromatic rings. The van der Waals surface area contributed by atoms with E-state index in [0.29, 0.717) is 5.92 Å². The summed E-state index contributed by atoms with van der Waals surface area (Å²) in [6.45, 7) is 3.67. The Labute approximate surface area is 136 Å². The largest absolute Gasteiger partial charge is 0.0991 e. The zero-order valence-electron chi connectivity index (χ0n) is 11.8. The number of hydrogen-bond donors (Lipinski definition) is 0. The van der Waals surface area contributed by atoms with E-state index in [1.54, 1.807) is 11.6 Å². The van der Waals surface area contributed by atoms with E-state index in [4.69, 9.17) is 0 Å². The summed E-state index contributed by atoms with van der Waals surface area (Å²) in [5, 5.41) is 0. The van der Waals surface area contributed by atoms with Crippen molar-refractivity contribution < 1.29 is 0 Å². The second-order valence-electron chi connectivity index (χ2n) is 5.10. The molecular formula is C19H21I. The van der Waals surface area contributed by atoms with Crippen LogP contribution in [0.3, 0.4) is 0 Å². The molecule has 1 heteroatoms. The lowest BCUT2D eigenvalue weighted by molar-refractivity contribution is 0.701. The molecule has 0 aromatic heterocycles. The van der Waals surface area contributed by atoms with Gasteiger partial charge < -0.3 is 0 Å². The molecule has 2 rings (SSSR count). The molecule has 0 amide bonds. The van der Waals surface area contributed by atoms with E-state index in [1.807, 2.05) is 12.2 Å². The van der Waals surface area contributed by atoms with Gasteiger partial charge in [0.2, 0.25) is 0 Å². The van der Waals surface area contributed by atoms with Gasteiger partial charge in [0.25, 0.3) is 0 Å². The first-order valence-electron chi connectivity index (χ1n) is 7.16. The average Bonchev–Trinajstić information content (AvgIpc) is 2.47. The standard InChI is InChI=1S/C19H21I/c1-2-3-4-5-7-10-16-13-18(15-19(20)14-16)17-11-8-6-9-12-17/h2-8,11,13-14,18H,1,9-10,12,15H2/b4-3-,7-5-. The van der Waals surface area contributed by atoms with Crippen molar-refractivity contribution in [3.05, 3.63) is 82.1 Å². The molecule has 0 nitrogen and oxygen atoms in total. The van der Waals surface area contributed by atoms with E-state index in [-0.39, 0.29) is 0 Å². The Morgan fingerprint density at radius 1 is 1.30 bits per heavy atom. The van der Waals surface area contributed by atoms with Crippen molar-refractivity contribution >= 4 is 22.6 Å². The number of allylic oxidation sites excluding steroid dienone is 13. The predicted molar refractivity (Wildman–Crippen MR) is 97.8 cm³/mol. The maximum atomic E-state index is 3.67. The van der Waals surface area contributed by atoms with Gasteiger partial charge in [-0.2, -0.15) is 0 Å². The minimum Gasteiger partial charge on any atom is -0.0991 e. The molecule has 2 aliphatic rings. The zero-order chi connectivity index (χ0) is 14.2. The molecule has 0 bridgehead atoms. The lowest BCUT2D eigenvalue weighted by atomic mass is 9.85. The Bertz CT molecular complexity index is 524. The second-order valence-corrected chi connectivity index (χ2v) is 6.49. The number of halogens is 1. The molecule has 0 radical (unpaired) electrons. The Balaban J connectivity index is 2.03. The van der Waals surface area contributed by atoms with Crippen LogP contribution in [0, 0.1) is 5.92 Å². The van der Waals surface area contributed by atoms with Crippen LogP contribution in [0.2, 0.25) is 0 Å². The van der Waals surface area contributed by atoms with Crippen LogP contribution >= 0.6 is 22.6 Å². The van der Waals surface area contributed by atoms with E-state index < -0.39 is 0 Å². The zero-order valence-corrected chi connectivity index (χ0v) is 13.9. The summed E-state index contributed by atoms with van der Waals surface area (Å²) in [6, 6.07) is 0. The summed E-state index contributed by atoms with van der Waals surface area (Å²) < 4.78 is 1.47. The van der Waals surface area contributed by atoms with Gasteiger partial charge in [0.15, 0.2) is 0 Å². The summed E-state index contributed by atoms with van der Waals surface area (Å²) in [5.41, 5.74) is 3.02. The quantitative estimate of drug-likeness (QED) is 0.395. The van der Waals surface area contributed by atoms with Gasteiger partial charge in [-0.1, -0.05) is 66.8 Å². The predicted octanol–water partition coefficient (Wildman–Crippen LogP) is 6.22. The molecule has 0 saturated heterocycles. The van der Waals surface area contributed by atoms with E-state index >= 15 is 0 Å². The van der Waals surface area contributed by atoms with Crippen LogP contribution in [0.15, 0.2) is 82.1 Å². The Morgan fingerprint density at radius 2 is 2.20 bits per heavy atom. The highest BCUT2D eigenvalue weighted by molar-refractivity contribution is 14.1. The smallest absolute Gasteiger partial charge is 0.00308 e. The molecule has 1 atom stereocenters. The molecule has 0 heterocycles. The molecule has 104 valence electrons. The van der Waals surface area contributed by atoms with Crippen molar-refractivity contribution in [2.75, 3.05) is 0 Å². The Hall–Kier alpha value is -1.09. The van der Waals surface area contributed by atoms with Crippen LogP contribution in [-0.4, -0.2) is 0 Å². The van der Waals surface area contributed by atoms with Crippen molar-refractivity contribution in [3.63, 3.8) is 0 Å².